The first kappa shape index (κ1) is 57.5. The van der Waals surface area contributed by atoms with E-state index in [2.05, 4.69) is 79.1 Å². The average Bonchev–Trinajstić information content (AvgIpc) is 3.12. The van der Waals surface area contributed by atoms with Gasteiger partial charge in [0.25, 0.3) is 6.47 Å². The van der Waals surface area contributed by atoms with Crippen molar-refractivity contribution in [2.45, 2.75) is 77.5 Å². The van der Waals surface area contributed by atoms with Gasteiger partial charge in [0.05, 0.1) is 19.0 Å². The summed E-state index contributed by atoms with van der Waals surface area (Å²) < 4.78 is 17.6. The molecule has 2 aliphatic heterocycles. The van der Waals surface area contributed by atoms with Crippen molar-refractivity contribution in [3.05, 3.63) is 87.3 Å². The van der Waals surface area contributed by atoms with Crippen LogP contribution in [0, 0.1) is 0 Å². The number of rotatable bonds is 7. The van der Waals surface area contributed by atoms with Gasteiger partial charge in [0.15, 0.2) is 0 Å². The molecule has 20 heteroatoms. The van der Waals surface area contributed by atoms with Crippen LogP contribution in [0.3, 0.4) is 0 Å². The second kappa shape index (κ2) is 37.4. The van der Waals surface area contributed by atoms with Crippen molar-refractivity contribution in [1.29, 1.82) is 0 Å². The zero-order chi connectivity index (χ0) is 40.2. The molecule has 2 heterocycles. The Morgan fingerprint density at radius 1 is 0.907 bits per heavy atom. The Kier molecular flexibility index (Phi) is 39.8. The molecule has 2 aliphatic rings. The fourth-order valence-corrected chi connectivity index (χ4v) is 7.30. The molecule has 2 unspecified atom stereocenters. The van der Waals surface area contributed by atoms with Crippen LogP contribution in [0.4, 0.5) is 4.39 Å². The summed E-state index contributed by atoms with van der Waals surface area (Å²) in [5.74, 6) is -0.667. The third-order valence-corrected chi connectivity index (χ3v) is 10.0. The summed E-state index contributed by atoms with van der Waals surface area (Å²) in [4.78, 5) is 59.5. The van der Waals surface area contributed by atoms with Crippen LogP contribution in [0.25, 0.3) is 0 Å². The molecular weight excluding hydrogens is 1130 g/mol. The molecule has 0 radical (unpaired) electrons. The van der Waals surface area contributed by atoms with Gasteiger partial charge in [0.1, 0.15) is 0 Å². The quantitative estimate of drug-likeness (QED) is 0.0531. The van der Waals surface area contributed by atoms with Gasteiger partial charge < -0.3 is 21.6 Å². The molecule has 2 atom stereocenters. The van der Waals surface area contributed by atoms with E-state index < -0.39 is 14.3 Å². The summed E-state index contributed by atoms with van der Waals surface area (Å²) in [6.07, 6.45) is 3.52. The maximum Gasteiger partial charge on any atom is 1.00 e. The standard InChI is InChI=1S/C13H15NO2S.C11H10BrNO2S.C6H5BrS.C2H7BO2.CH3F.CH2O3.2Cs.H/c1-2-9-4-3-5-10(8-9)17-11-6-7-12(15)14-13(11)16;12-7-2-1-3-8(6-7)16-9-4-5-10(14)13-11(9)15;7-5-2-1-3-6(8)4-5;1-2-3(4)5;1-2;2-1-4-3;;;/h3-5,8,11H,2,6-7H2,1H3,(H,14,15,16);1-3,6,9H,4-5H2,(H,13,14,15);1-4,8H;4-5H,2H2,1H3;1H3;1,3H;;;/q;;;;;;2*+1;-1/p-1/i;;;;1D;;;;. The number of imide groups is 2. The average molecular weight is 1180 g/mol. The van der Waals surface area contributed by atoms with E-state index in [1.807, 2.05) is 60.7 Å². The number of hydrogen-bond acceptors (Lipinski definition) is 12. The third kappa shape index (κ3) is 29.6. The van der Waals surface area contributed by atoms with E-state index in [1.54, 1.807) is 6.92 Å². The number of carbonyl (C=O) groups excluding carboxylic acids is 5. The Morgan fingerprint density at radius 2 is 1.31 bits per heavy atom. The van der Waals surface area contributed by atoms with E-state index in [1.165, 1.54) is 29.1 Å². The Labute approximate surface area is 467 Å². The predicted molar refractivity (Wildman–Crippen MR) is 211 cm³/mol. The maximum atomic E-state index is 11.6. The van der Waals surface area contributed by atoms with Crippen molar-refractivity contribution >= 4 is 105 Å². The number of thioether (sulfide) groups is 2. The van der Waals surface area contributed by atoms with Gasteiger partial charge in [-0.1, -0.05) is 70.0 Å². The Hall–Kier alpha value is 1.40. The largest absolute Gasteiger partial charge is 1.00 e. The minimum Gasteiger partial charge on any atom is -1.00 e. The summed E-state index contributed by atoms with van der Waals surface area (Å²) in [6.45, 7) is 3.63. The Morgan fingerprint density at radius 3 is 1.65 bits per heavy atom. The first-order valence-electron chi connectivity index (χ1n) is 16.2. The summed E-state index contributed by atoms with van der Waals surface area (Å²) in [6, 6.07) is 23.8. The summed E-state index contributed by atoms with van der Waals surface area (Å²) in [7, 11) is -2.12. The van der Waals surface area contributed by atoms with E-state index in [4.69, 9.17) is 21.5 Å². The maximum absolute atomic E-state index is 11.6. The van der Waals surface area contributed by atoms with Gasteiger partial charge in [-0.2, -0.15) is 0 Å². The first-order valence-corrected chi connectivity index (χ1v) is 19.3. The second-order valence-corrected chi connectivity index (χ2v) is 15.0. The molecule has 54 heavy (non-hydrogen) atoms. The molecule has 286 valence electrons. The van der Waals surface area contributed by atoms with Crippen LogP contribution in [0.1, 0.15) is 47.9 Å². The number of piperidine rings is 2. The number of halogens is 3. The van der Waals surface area contributed by atoms with E-state index in [-0.39, 0.29) is 180 Å². The molecule has 0 spiro atoms. The number of alkyl halides is 1. The third-order valence-electron chi connectivity index (χ3n) is 6.25. The van der Waals surface area contributed by atoms with E-state index in [0.29, 0.717) is 32.0 Å². The molecule has 4 amide bonds. The monoisotopic (exact) mass is 1170 g/mol. The normalized spacial score (nSPS) is 15.3. The molecule has 11 nitrogen and oxygen atoms in total. The zero-order valence-electron chi connectivity index (χ0n) is 32.3. The van der Waals surface area contributed by atoms with Gasteiger partial charge in [0.2, 0.25) is 23.6 Å². The van der Waals surface area contributed by atoms with Crippen LogP contribution < -0.4 is 154 Å². The number of carbonyl (C=O) groups is 5. The number of hydrogen-bond donors (Lipinski definition) is 5. The first-order chi connectivity index (χ1) is 25.2. The summed E-state index contributed by atoms with van der Waals surface area (Å²) in [5.41, 5.74) is 1.27. The van der Waals surface area contributed by atoms with Gasteiger partial charge in [-0.05, 0) is 79.7 Å². The molecule has 0 aromatic heterocycles. The molecule has 4 N–H and O–H groups in total. The molecule has 5 rings (SSSR count). The molecule has 0 saturated carbocycles. The smallest absolute Gasteiger partial charge is 1.00 e. The van der Waals surface area contributed by atoms with Crippen LogP contribution in [0.15, 0.2) is 96.4 Å². The number of aryl methyl sites for hydroxylation is 1. The number of nitrogens with one attached hydrogen (secondary N) is 2. The number of benzene rings is 3. The molecular formula is C34H42BBr2Cs2FN2O9S3. The van der Waals surface area contributed by atoms with E-state index in [0.717, 1.165) is 30.1 Å². The van der Waals surface area contributed by atoms with E-state index >= 15 is 0 Å². The molecule has 3 aromatic carbocycles. The van der Waals surface area contributed by atoms with Gasteiger partial charge in [-0.3, -0.25) is 39.0 Å². The summed E-state index contributed by atoms with van der Waals surface area (Å²) >= 11 is 13.9. The fourth-order valence-electron chi connectivity index (χ4n) is 3.76. The van der Waals surface area contributed by atoms with Crippen molar-refractivity contribution in [3.63, 3.8) is 0 Å². The van der Waals surface area contributed by atoms with Crippen molar-refractivity contribution in [1.82, 2.24) is 10.6 Å². The van der Waals surface area contributed by atoms with Crippen molar-refractivity contribution in [3.8, 4) is 0 Å². The van der Waals surface area contributed by atoms with Gasteiger partial charge in [0, 0.05) is 36.5 Å². The van der Waals surface area contributed by atoms with Crippen LogP contribution in [-0.4, -0.2) is 64.9 Å². The van der Waals surface area contributed by atoms with Crippen molar-refractivity contribution in [2.24, 2.45) is 0 Å². The van der Waals surface area contributed by atoms with Crippen molar-refractivity contribution in [2.75, 3.05) is 7.15 Å². The molecule has 2 saturated heterocycles. The van der Waals surface area contributed by atoms with Gasteiger partial charge in [-0.25, -0.2) is 0 Å². The number of thiol groups is 1. The molecule has 3 aromatic rings. The van der Waals surface area contributed by atoms with Crippen molar-refractivity contribution < 1.29 is 189 Å². The summed E-state index contributed by atoms with van der Waals surface area (Å²) in [5, 5.41) is 28.7. The van der Waals surface area contributed by atoms with Crippen LogP contribution in [0.2, 0.25) is 6.32 Å². The van der Waals surface area contributed by atoms with Crippen LogP contribution >= 0.6 is 68.0 Å². The van der Waals surface area contributed by atoms with Gasteiger partial charge in [-0.15, -0.1) is 36.2 Å². The minimum absolute atomic E-state index is 0. The van der Waals surface area contributed by atoms with Crippen LogP contribution in [-0.2, 0) is 35.3 Å². The predicted octanol–water partition coefficient (Wildman–Crippen LogP) is -0.149. The Bertz CT molecular complexity index is 1570. The topological polar surface area (TPSA) is 182 Å². The minimum atomic E-state index is -1.12. The SMILES string of the molecule is CCB(O)O.CCc1cccc(SC2CCC(=O)NC2=O)c1.O=C1CCC(Sc2cccc(Br)c2)C(=O)N1.O=CO[O-].Sc1cccc(Br)c1.[2H]CF.[Cs+].[Cs+].[H-]. The van der Waals surface area contributed by atoms with Gasteiger partial charge >= 0.3 is 145 Å². The number of amides is 4. The molecule has 2 fully saturated rings. The second-order valence-electron chi connectivity index (χ2n) is 10.1. The zero-order valence-corrected chi connectivity index (χ0v) is 48.6. The van der Waals surface area contributed by atoms with Crippen LogP contribution in [0.5, 0.6) is 0 Å². The van der Waals surface area contributed by atoms with E-state index in [9.17, 15) is 23.6 Å². The molecule has 0 aliphatic carbocycles. The Balaban J connectivity index is -0.000000319. The fraction of sp³-hybridized carbons (Fsp3) is 0.324. The molecule has 0 bridgehead atoms.